The van der Waals surface area contributed by atoms with Crippen molar-refractivity contribution in [1.82, 2.24) is 4.98 Å². The van der Waals surface area contributed by atoms with Crippen LogP contribution in [0.3, 0.4) is 0 Å². The second kappa shape index (κ2) is 8.28. The lowest BCUT2D eigenvalue weighted by molar-refractivity contribution is -0.141. The van der Waals surface area contributed by atoms with Gasteiger partial charge in [0.15, 0.2) is 0 Å². The quantitative estimate of drug-likeness (QED) is 0.447. The number of aromatic amines is 1. The Bertz CT molecular complexity index is 668. The first kappa shape index (κ1) is 18.6. The molecule has 0 fully saturated rings. The van der Waals surface area contributed by atoms with Gasteiger partial charge in [-0.2, -0.15) is 0 Å². The second-order valence-corrected chi connectivity index (χ2v) is 5.11. The van der Waals surface area contributed by atoms with Crippen LogP contribution in [0.25, 0.3) is 10.9 Å². The second-order valence-electron chi connectivity index (χ2n) is 5.11. The van der Waals surface area contributed by atoms with Gasteiger partial charge < -0.3 is 31.8 Å². The zero-order valence-corrected chi connectivity index (χ0v) is 12.6. The molecule has 2 rings (SSSR count). The summed E-state index contributed by atoms with van der Waals surface area (Å²) < 4.78 is 0. The Morgan fingerprint density at radius 1 is 1.17 bits per heavy atom. The van der Waals surface area contributed by atoms with E-state index in [1.54, 1.807) is 0 Å². The average Bonchev–Trinajstić information content (AvgIpc) is 2.90. The van der Waals surface area contributed by atoms with Crippen molar-refractivity contribution in [3.05, 3.63) is 36.0 Å². The Morgan fingerprint density at radius 2 is 1.78 bits per heavy atom. The van der Waals surface area contributed by atoms with Crippen molar-refractivity contribution in [2.75, 3.05) is 0 Å². The lowest BCUT2D eigenvalue weighted by atomic mass is 10.1. The predicted octanol–water partition coefficient (Wildman–Crippen LogP) is -0.0986. The highest BCUT2D eigenvalue weighted by molar-refractivity contribution is 5.84. The minimum Gasteiger partial charge on any atom is -0.480 e. The summed E-state index contributed by atoms with van der Waals surface area (Å²) in [4.78, 5) is 23.6. The number of para-hydroxylation sites is 1. The van der Waals surface area contributed by atoms with Crippen LogP contribution in [0, 0.1) is 0 Å². The third-order valence-corrected chi connectivity index (χ3v) is 3.24. The highest BCUT2D eigenvalue weighted by atomic mass is 16.4. The zero-order chi connectivity index (χ0) is 17.6. The number of aliphatic hydroxyl groups excluding tert-OH is 1. The molecule has 0 radical (unpaired) electrons. The molecule has 0 bridgehead atoms. The highest BCUT2D eigenvalue weighted by Gasteiger charge is 2.16. The third-order valence-electron chi connectivity index (χ3n) is 3.24. The van der Waals surface area contributed by atoms with E-state index in [0.29, 0.717) is 6.42 Å². The van der Waals surface area contributed by atoms with Crippen LogP contribution in [0.2, 0.25) is 0 Å². The average molecular weight is 323 g/mol. The van der Waals surface area contributed by atoms with E-state index in [1.165, 1.54) is 6.92 Å². The van der Waals surface area contributed by atoms with E-state index in [4.69, 9.17) is 26.8 Å². The molecule has 8 heteroatoms. The highest BCUT2D eigenvalue weighted by Crippen LogP contribution is 2.18. The molecule has 0 aliphatic carbocycles. The summed E-state index contributed by atoms with van der Waals surface area (Å²) in [6, 6.07) is 5.76. The first-order chi connectivity index (χ1) is 10.7. The standard InChI is InChI=1S/C11H12N2O2.C4H9NO3/c12-9(11(14)15)5-7-6-13-10-4-2-1-3-8(7)10;1-2(6)3(5)4(7)8/h1-4,6,9,13H,5,12H2,(H,14,15);2-3,6H,5H2,1H3,(H,7,8)/t9-;2-,3+/m01/s1. The number of aliphatic carboxylic acids is 2. The number of aliphatic hydroxyl groups is 1. The van der Waals surface area contributed by atoms with Gasteiger partial charge in [-0.05, 0) is 18.6 Å². The van der Waals surface area contributed by atoms with E-state index in [9.17, 15) is 9.59 Å². The number of hydrogen-bond acceptors (Lipinski definition) is 5. The number of carboxylic acids is 2. The summed E-state index contributed by atoms with van der Waals surface area (Å²) in [5.74, 6) is -2.15. The monoisotopic (exact) mass is 323 g/mol. The molecule has 0 saturated carbocycles. The molecule has 23 heavy (non-hydrogen) atoms. The molecule has 1 aromatic heterocycles. The lowest BCUT2D eigenvalue weighted by Gasteiger charge is -2.06. The van der Waals surface area contributed by atoms with Crippen molar-refractivity contribution < 1.29 is 24.9 Å². The largest absolute Gasteiger partial charge is 0.480 e. The van der Waals surface area contributed by atoms with E-state index in [2.05, 4.69) is 4.98 Å². The van der Waals surface area contributed by atoms with Crippen molar-refractivity contribution in [3.63, 3.8) is 0 Å². The van der Waals surface area contributed by atoms with Gasteiger partial charge in [-0.15, -0.1) is 0 Å². The van der Waals surface area contributed by atoms with Crippen molar-refractivity contribution >= 4 is 22.8 Å². The molecule has 126 valence electrons. The van der Waals surface area contributed by atoms with Gasteiger partial charge in [0.05, 0.1) is 6.10 Å². The molecule has 3 atom stereocenters. The van der Waals surface area contributed by atoms with Crippen molar-refractivity contribution in [3.8, 4) is 0 Å². The van der Waals surface area contributed by atoms with E-state index in [1.807, 2.05) is 30.5 Å². The van der Waals surface area contributed by atoms with Gasteiger partial charge in [0, 0.05) is 23.5 Å². The fraction of sp³-hybridized carbons (Fsp3) is 0.333. The minimum absolute atomic E-state index is 0.347. The minimum atomic E-state index is -1.18. The Kier molecular flexibility index (Phi) is 6.70. The van der Waals surface area contributed by atoms with Gasteiger partial charge in [-0.25, -0.2) is 0 Å². The van der Waals surface area contributed by atoms with Crippen LogP contribution in [-0.2, 0) is 16.0 Å². The maximum Gasteiger partial charge on any atom is 0.323 e. The summed E-state index contributed by atoms with van der Waals surface area (Å²) in [5, 5.41) is 26.3. The first-order valence-electron chi connectivity index (χ1n) is 6.93. The Hall–Kier alpha value is -2.42. The molecular formula is C15H21N3O5. The molecule has 0 saturated heterocycles. The molecule has 0 aliphatic rings. The van der Waals surface area contributed by atoms with E-state index >= 15 is 0 Å². The summed E-state index contributed by atoms with van der Waals surface area (Å²) in [5.41, 5.74) is 12.3. The number of benzene rings is 1. The van der Waals surface area contributed by atoms with E-state index in [0.717, 1.165) is 16.5 Å². The zero-order valence-electron chi connectivity index (χ0n) is 12.6. The van der Waals surface area contributed by atoms with Crippen LogP contribution in [0.15, 0.2) is 30.5 Å². The predicted molar refractivity (Wildman–Crippen MR) is 84.9 cm³/mol. The van der Waals surface area contributed by atoms with Crippen molar-refractivity contribution in [1.29, 1.82) is 0 Å². The van der Waals surface area contributed by atoms with Gasteiger partial charge in [-0.1, -0.05) is 18.2 Å². The number of carboxylic acid groups (broad SMARTS) is 2. The first-order valence-corrected chi connectivity index (χ1v) is 6.93. The van der Waals surface area contributed by atoms with Crippen LogP contribution in [0.4, 0.5) is 0 Å². The molecule has 0 amide bonds. The molecule has 1 aromatic carbocycles. The molecular weight excluding hydrogens is 302 g/mol. The van der Waals surface area contributed by atoms with Gasteiger partial charge in [-0.3, -0.25) is 9.59 Å². The maximum absolute atomic E-state index is 10.6. The SMILES string of the molecule is C[C@@H](O)[C@H](N)C(=O)O.N[C@@H](Cc1c[nH]c2ccccc12)C(=O)O. The number of nitrogens with one attached hydrogen (secondary N) is 1. The Morgan fingerprint density at radius 3 is 2.26 bits per heavy atom. The van der Waals surface area contributed by atoms with Gasteiger partial charge in [0.1, 0.15) is 12.1 Å². The molecule has 1 heterocycles. The fourth-order valence-electron chi connectivity index (χ4n) is 1.83. The maximum atomic E-state index is 10.6. The Balaban J connectivity index is 0.000000284. The number of fused-ring (bicyclic) bond motifs is 1. The molecule has 0 unspecified atom stereocenters. The van der Waals surface area contributed by atoms with Crippen LogP contribution in [0.5, 0.6) is 0 Å². The van der Waals surface area contributed by atoms with Gasteiger partial charge in [0.25, 0.3) is 0 Å². The number of carbonyl (C=O) groups is 2. The molecule has 8 nitrogen and oxygen atoms in total. The number of nitrogens with two attached hydrogens (primary N) is 2. The normalized spacial score (nSPS) is 14.4. The van der Waals surface area contributed by atoms with Crippen LogP contribution < -0.4 is 11.5 Å². The summed E-state index contributed by atoms with van der Waals surface area (Å²) in [7, 11) is 0. The topological polar surface area (TPSA) is 163 Å². The van der Waals surface area contributed by atoms with Crippen LogP contribution in [0.1, 0.15) is 12.5 Å². The molecule has 8 N–H and O–H groups in total. The molecule has 0 aliphatic heterocycles. The molecule has 0 spiro atoms. The van der Waals surface area contributed by atoms with Crippen LogP contribution in [-0.4, -0.2) is 50.4 Å². The number of rotatable bonds is 5. The van der Waals surface area contributed by atoms with Gasteiger partial charge in [0.2, 0.25) is 0 Å². The number of aromatic nitrogens is 1. The Labute approximate surface area is 132 Å². The smallest absolute Gasteiger partial charge is 0.323 e. The fourth-order valence-corrected chi connectivity index (χ4v) is 1.83. The summed E-state index contributed by atoms with van der Waals surface area (Å²) in [6.07, 6.45) is 1.18. The van der Waals surface area contributed by atoms with Crippen LogP contribution >= 0.6 is 0 Å². The van der Waals surface area contributed by atoms with E-state index in [-0.39, 0.29) is 0 Å². The number of H-pyrrole nitrogens is 1. The van der Waals surface area contributed by atoms with Crippen molar-refractivity contribution in [2.45, 2.75) is 31.5 Å². The summed E-state index contributed by atoms with van der Waals surface area (Å²) >= 11 is 0. The van der Waals surface area contributed by atoms with Crippen molar-refractivity contribution in [2.24, 2.45) is 11.5 Å². The van der Waals surface area contributed by atoms with Gasteiger partial charge >= 0.3 is 11.9 Å². The summed E-state index contributed by atoms with van der Waals surface area (Å²) in [6.45, 7) is 1.33. The van der Waals surface area contributed by atoms with E-state index < -0.39 is 30.1 Å². The lowest BCUT2D eigenvalue weighted by Crippen LogP contribution is -2.39. The molecule has 2 aromatic rings. The number of hydrogen-bond donors (Lipinski definition) is 6. The third kappa shape index (κ3) is 5.37.